The Hall–Kier alpha value is -9.32. The Morgan fingerprint density at radius 2 is 0.944 bits per heavy atom. The van der Waals surface area contributed by atoms with Crippen molar-refractivity contribution < 1.29 is 4.39 Å². The number of aromatic nitrogens is 2. The van der Waals surface area contributed by atoms with Crippen LogP contribution in [0.4, 0.5) is 38.5 Å². The molecule has 1 spiro atoms. The van der Waals surface area contributed by atoms with E-state index in [0.29, 0.717) is 0 Å². The fourth-order valence-corrected chi connectivity index (χ4v) is 11.9. The van der Waals surface area contributed by atoms with Crippen molar-refractivity contribution in [2.75, 3.05) is 9.80 Å². The first-order valence-electron chi connectivity index (χ1n) is 24.1. The van der Waals surface area contributed by atoms with Gasteiger partial charge in [-0.25, -0.2) is 4.39 Å². The topological polar surface area (TPSA) is 24.3 Å². The zero-order chi connectivity index (χ0) is 47.0. The minimum absolute atomic E-state index is 0.243. The number of rotatable bonds is 8. The van der Waals surface area contributed by atoms with Gasteiger partial charge in [0.1, 0.15) is 5.82 Å². The van der Waals surface area contributed by atoms with E-state index in [-0.39, 0.29) is 5.82 Å². The molecule has 4 nitrogen and oxygen atoms in total. The Morgan fingerprint density at radius 1 is 0.380 bits per heavy atom. The maximum Gasteiger partial charge on any atom is 0.123 e. The van der Waals surface area contributed by atoms with Gasteiger partial charge in [0, 0.05) is 45.3 Å². The van der Waals surface area contributed by atoms with E-state index in [9.17, 15) is 0 Å². The van der Waals surface area contributed by atoms with Gasteiger partial charge in [0.2, 0.25) is 0 Å². The fraction of sp³-hybridized carbons (Fsp3) is 0.0152. The second kappa shape index (κ2) is 16.2. The molecule has 2 aliphatic carbocycles. The lowest BCUT2D eigenvalue weighted by Crippen LogP contribution is -2.26. The van der Waals surface area contributed by atoms with Gasteiger partial charge < -0.3 is 14.4 Å². The predicted octanol–water partition coefficient (Wildman–Crippen LogP) is 17.3. The number of benzene rings is 10. The van der Waals surface area contributed by atoms with Crippen molar-refractivity contribution in [2.45, 2.75) is 5.41 Å². The second-order valence-electron chi connectivity index (χ2n) is 18.4. The molecule has 334 valence electrons. The van der Waals surface area contributed by atoms with Crippen molar-refractivity contribution in [3.05, 3.63) is 289 Å². The molecule has 71 heavy (non-hydrogen) atoms. The summed E-state index contributed by atoms with van der Waals surface area (Å²) in [4.78, 5) is 9.59. The van der Waals surface area contributed by atoms with E-state index in [1.165, 1.54) is 5.56 Å². The number of nitrogens with zero attached hydrogens (tertiary/aromatic N) is 4. The summed E-state index contributed by atoms with van der Waals surface area (Å²) >= 11 is 0. The van der Waals surface area contributed by atoms with Crippen molar-refractivity contribution in [3.63, 3.8) is 0 Å². The number of para-hydroxylation sites is 4. The molecule has 0 N–H and O–H groups in total. The third kappa shape index (κ3) is 6.13. The van der Waals surface area contributed by atoms with Crippen LogP contribution in [0, 0.1) is 5.82 Å². The Balaban J connectivity index is 1.11. The fourth-order valence-electron chi connectivity index (χ4n) is 11.9. The summed E-state index contributed by atoms with van der Waals surface area (Å²) in [7, 11) is 0. The Bertz CT molecular complexity index is 3980. The van der Waals surface area contributed by atoms with Gasteiger partial charge in [0.25, 0.3) is 0 Å². The normalized spacial score (nSPS) is 14.0. The highest BCUT2D eigenvalue weighted by Gasteiger charge is 2.52. The van der Waals surface area contributed by atoms with Crippen LogP contribution in [0.15, 0.2) is 261 Å². The van der Waals surface area contributed by atoms with Crippen molar-refractivity contribution in [3.8, 4) is 39.2 Å². The van der Waals surface area contributed by atoms with Crippen molar-refractivity contribution in [2.24, 2.45) is 0 Å². The van der Waals surface area contributed by atoms with Crippen molar-refractivity contribution in [1.29, 1.82) is 0 Å². The number of pyridine rings is 1. The van der Waals surface area contributed by atoms with Crippen LogP contribution in [0.3, 0.4) is 0 Å². The quantitative estimate of drug-likeness (QED) is 0.152. The standard InChI is InChI=1S/C66H43FN4/c67-45-37-38-57-53(41-45)50-28-10-13-31-55(50)66(57)56-32-14-11-29-51(56)54-42-63(64(43-58(54)66)69(46-21-4-1-5-22-46)47-23-6-2-7-24-47)70(48-25-8-3-9-26-48)61-35-19-36-62-65(61)52-30-12-15-34-60(52)71(62)49-27-18-20-44(40-49)59-33-16-17-39-68-59/h1-43H. The molecular weight excluding hydrogens is 868 g/mol. The van der Waals surface area contributed by atoms with Crippen LogP contribution in [0.2, 0.25) is 0 Å². The lowest BCUT2D eigenvalue weighted by Gasteiger charge is -2.36. The van der Waals surface area contributed by atoms with Crippen LogP contribution in [0.5, 0.6) is 0 Å². The predicted molar refractivity (Wildman–Crippen MR) is 290 cm³/mol. The molecular formula is C66H43FN4. The van der Waals surface area contributed by atoms with Crippen LogP contribution in [0.25, 0.3) is 61.0 Å². The Morgan fingerprint density at radius 3 is 1.63 bits per heavy atom. The molecule has 2 aromatic heterocycles. The molecule has 0 radical (unpaired) electrons. The van der Waals surface area contributed by atoms with E-state index in [2.05, 4.69) is 239 Å². The summed E-state index contributed by atoms with van der Waals surface area (Å²) < 4.78 is 17.9. The number of hydrogen-bond donors (Lipinski definition) is 0. The zero-order valence-electron chi connectivity index (χ0n) is 38.5. The number of halogens is 1. The summed E-state index contributed by atoms with van der Waals surface area (Å²) in [6, 6.07) is 90.1. The third-order valence-electron chi connectivity index (χ3n) is 14.7. The maximum absolute atomic E-state index is 15.5. The zero-order valence-corrected chi connectivity index (χ0v) is 38.5. The molecule has 14 rings (SSSR count). The summed E-state index contributed by atoms with van der Waals surface area (Å²) in [5.74, 6) is -0.243. The minimum atomic E-state index is -0.716. The third-order valence-corrected chi connectivity index (χ3v) is 14.7. The molecule has 0 aliphatic heterocycles. The number of hydrogen-bond acceptors (Lipinski definition) is 3. The van der Waals surface area contributed by atoms with Gasteiger partial charge in [0.15, 0.2) is 0 Å². The SMILES string of the molecule is Fc1ccc2c(c1)-c1ccccc1C21c2ccccc2-c2cc(N(c3ccccc3)c3cccc4c3c3ccccc3n4-c3cccc(-c4ccccn4)c3)c(N(c3ccccc3)c3ccccc3)cc21. The molecule has 0 amide bonds. The smallest absolute Gasteiger partial charge is 0.123 e. The monoisotopic (exact) mass is 910 g/mol. The average Bonchev–Trinajstić information content (AvgIpc) is 4.04. The van der Waals surface area contributed by atoms with Crippen LogP contribution in [0.1, 0.15) is 22.3 Å². The van der Waals surface area contributed by atoms with Gasteiger partial charge in [-0.05, 0) is 148 Å². The first kappa shape index (κ1) is 40.7. The number of fused-ring (bicyclic) bond motifs is 13. The lowest BCUT2D eigenvalue weighted by atomic mass is 9.70. The number of anilines is 6. The van der Waals surface area contributed by atoms with Crippen LogP contribution in [-0.4, -0.2) is 9.55 Å². The highest BCUT2D eigenvalue weighted by atomic mass is 19.1. The molecule has 2 heterocycles. The molecule has 12 aromatic rings. The second-order valence-corrected chi connectivity index (χ2v) is 18.4. The van der Waals surface area contributed by atoms with E-state index in [4.69, 9.17) is 4.98 Å². The molecule has 10 aromatic carbocycles. The highest BCUT2D eigenvalue weighted by molar-refractivity contribution is 6.17. The van der Waals surface area contributed by atoms with Gasteiger partial charge in [-0.15, -0.1) is 0 Å². The van der Waals surface area contributed by atoms with E-state index < -0.39 is 5.41 Å². The van der Waals surface area contributed by atoms with Gasteiger partial charge in [-0.3, -0.25) is 4.98 Å². The Kier molecular flexibility index (Phi) is 9.26. The summed E-state index contributed by atoms with van der Waals surface area (Å²) in [6.45, 7) is 0. The molecule has 5 heteroatoms. The molecule has 0 saturated heterocycles. The average molecular weight is 911 g/mol. The molecule has 1 unspecified atom stereocenters. The van der Waals surface area contributed by atoms with Gasteiger partial charge in [-0.1, -0.05) is 152 Å². The first-order valence-corrected chi connectivity index (χ1v) is 24.1. The van der Waals surface area contributed by atoms with E-state index in [1.54, 1.807) is 12.1 Å². The molecule has 0 bridgehead atoms. The summed E-state index contributed by atoms with van der Waals surface area (Å²) in [5, 5.41) is 2.27. The maximum atomic E-state index is 15.5. The first-order chi connectivity index (χ1) is 35.2. The molecule has 1 atom stereocenters. The van der Waals surface area contributed by atoms with Crippen LogP contribution < -0.4 is 9.80 Å². The summed E-state index contributed by atoms with van der Waals surface area (Å²) in [5.41, 5.74) is 19.5. The van der Waals surface area contributed by atoms with E-state index in [1.807, 2.05) is 24.4 Å². The van der Waals surface area contributed by atoms with Gasteiger partial charge in [0.05, 0.1) is 39.2 Å². The Labute approximate surface area is 411 Å². The van der Waals surface area contributed by atoms with Gasteiger partial charge in [-0.2, -0.15) is 0 Å². The minimum Gasteiger partial charge on any atom is -0.309 e. The van der Waals surface area contributed by atoms with Gasteiger partial charge >= 0.3 is 0 Å². The highest BCUT2D eigenvalue weighted by Crippen LogP contribution is 2.65. The summed E-state index contributed by atoms with van der Waals surface area (Å²) in [6.07, 6.45) is 1.85. The van der Waals surface area contributed by atoms with E-state index in [0.717, 1.165) is 112 Å². The van der Waals surface area contributed by atoms with Crippen molar-refractivity contribution in [1.82, 2.24) is 9.55 Å². The lowest BCUT2D eigenvalue weighted by molar-refractivity contribution is 0.627. The largest absolute Gasteiger partial charge is 0.309 e. The van der Waals surface area contributed by atoms with Crippen molar-refractivity contribution >= 4 is 55.9 Å². The van der Waals surface area contributed by atoms with E-state index >= 15 is 4.39 Å². The van der Waals surface area contributed by atoms with Crippen LogP contribution >= 0.6 is 0 Å². The molecule has 0 saturated carbocycles. The molecule has 2 aliphatic rings. The van der Waals surface area contributed by atoms with Crippen LogP contribution in [-0.2, 0) is 5.41 Å². The molecule has 0 fully saturated rings.